The quantitative estimate of drug-likeness (QED) is 0.639. The fourth-order valence-corrected chi connectivity index (χ4v) is 1.66. The van der Waals surface area contributed by atoms with Crippen LogP contribution in [0, 0.1) is 5.92 Å². The first-order valence-electron chi connectivity index (χ1n) is 5.06. The standard InChI is InChI=1S/C10H21NO/c1-4-11-6-5-10(7-11)8-12-9(2)3/h9-10H,4-8H2,1-3H3. The second kappa shape index (κ2) is 4.83. The van der Waals surface area contributed by atoms with Gasteiger partial charge in [0.1, 0.15) is 0 Å². The van der Waals surface area contributed by atoms with Crippen LogP contribution in [-0.2, 0) is 4.74 Å². The van der Waals surface area contributed by atoms with Gasteiger partial charge < -0.3 is 9.64 Å². The van der Waals surface area contributed by atoms with Crippen LogP contribution in [0.3, 0.4) is 0 Å². The van der Waals surface area contributed by atoms with Gasteiger partial charge in [-0.05, 0) is 39.3 Å². The topological polar surface area (TPSA) is 12.5 Å². The Hall–Kier alpha value is -0.0800. The molecule has 0 spiro atoms. The second-order valence-electron chi connectivity index (χ2n) is 3.93. The number of ether oxygens (including phenoxy) is 1. The second-order valence-corrected chi connectivity index (χ2v) is 3.93. The lowest BCUT2D eigenvalue weighted by Crippen LogP contribution is -2.22. The van der Waals surface area contributed by atoms with E-state index in [0.29, 0.717) is 6.10 Å². The maximum Gasteiger partial charge on any atom is 0.0519 e. The monoisotopic (exact) mass is 171 g/mol. The normalized spacial score (nSPS) is 25.5. The fourth-order valence-electron chi connectivity index (χ4n) is 1.66. The maximum absolute atomic E-state index is 5.59. The molecule has 0 radical (unpaired) electrons. The Bertz CT molecular complexity index is 125. The fraction of sp³-hybridized carbons (Fsp3) is 1.00. The summed E-state index contributed by atoms with van der Waals surface area (Å²) in [4.78, 5) is 2.49. The maximum atomic E-state index is 5.59. The molecule has 1 unspecified atom stereocenters. The molecule has 0 aliphatic carbocycles. The van der Waals surface area contributed by atoms with Gasteiger partial charge in [0.25, 0.3) is 0 Å². The van der Waals surface area contributed by atoms with Crippen LogP contribution in [0.25, 0.3) is 0 Å². The molecule has 12 heavy (non-hydrogen) atoms. The van der Waals surface area contributed by atoms with Gasteiger partial charge in [-0.2, -0.15) is 0 Å². The highest BCUT2D eigenvalue weighted by atomic mass is 16.5. The van der Waals surface area contributed by atoms with E-state index in [1.165, 1.54) is 26.1 Å². The SMILES string of the molecule is CCN1CCC(COC(C)C)C1. The van der Waals surface area contributed by atoms with Crippen molar-refractivity contribution in [3.05, 3.63) is 0 Å². The van der Waals surface area contributed by atoms with Crippen molar-refractivity contribution in [2.45, 2.75) is 33.3 Å². The summed E-state index contributed by atoms with van der Waals surface area (Å²) in [6.07, 6.45) is 1.71. The summed E-state index contributed by atoms with van der Waals surface area (Å²) in [5.74, 6) is 0.785. The summed E-state index contributed by atoms with van der Waals surface area (Å²) in [7, 11) is 0. The van der Waals surface area contributed by atoms with Crippen molar-refractivity contribution in [1.29, 1.82) is 0 Å². The van der Waals surface area contributed by atoms with Gasteiger partial charge in [0.05, 0.1) is 12.7 Å². The minimum atomic E-state index is 0.390. The van der Waals surface area contributed by atoms with Gasteiger partial charge in [-0.25, -0.2) is 0 Å². The van der Waals surface area contributed by atoms with E-state index < -0.39 is 0 Å². The van der Waals surface area contributed by atoms with E-state index in [-0.39, 0.29) is 0 Å². The molecule has 2 nitrogen and oxygen atoms in total. The van der Waals surface area contributed by atoms with Gasteiger partial charge in [0, 0.05) is 6.54 Å². The third-order valence-corrected chi connectivity index (χ3v) is 2.48. The van der Waals surface area contributed by atoms with Crippen molar-refractivity contribution in [2.75, 3.05) is 26.2 Å². The summed E-state index contributed by atoms with van der Waals surface area (Å²) >= 11 is 0. The third-order valence-electron chi connectivity index (χ3n) is 2.48. The highest BCUT2D eigenvalue weighted by Crippen LogP contribution is 2.16. The van der Waals surface area contributed by atoms with Gasteiger partial charge in [0.2, 0.25) is 0 Å². The molecular formula is C10H21NO. The van der Waals surface area contributed by atoms with Crippen molar-refractivity contribution in [1.82, 2.24) is 4.90 Å². The van der Waals surface area contributed by atoms with Gasteiger partial charge in [-0.1, -0.05) is 6.92 Å². The molecule has 0 aromatic heterocycles. The molecule has 0 amide bonds. The predicted molar refractivity (Wildman–Crippen MR) is 51.3 cm³/mol. The summed E-state index contributed by atoms with van der Waals surface area (Å²) in [5, 5.41) is 0. The summed E-state index contributed by atoms with van der Waals surface area (Å²) in [5.41, 5.74) is 0. The number of nitrogens with zero attached hydrogens (tertiary/aromatic N) is 1. The molecule has 1 atom stereocenters. The Kier molecular flexibility index (Phi) is 4.02. The van der Waals surface area contributed by atoms with E-state index in [0.717, 1.165) is 12.5 Å². The van der Waals surface area contributed by atoms with Crippen LogP contribution in [0.15, 0.2) is 0 Å². The Morgan fingerprint density at radius 1 is 1.50 bits per heavy atom. The van der Waals surface area contributed by atoms with Gasteiger partial charge in [-0.3, -0.25) is 0 Å². The zero-order chi connectivity index (χ0) is 8.97. The van der Waals surface area contributed by atoms with E-state index in [4.69, 9.17) is 4.74 Å². The summed E-state index contributed by atoms with van der Waals surface area (Å²) < 4.78 is 5.59. The highest BCUT2D eigenvalue weighted by Gasteiger charge is 2.21. The lowest BCUT2D eigenvalue weighted by Gasteiger charge is -2.14. The Morgan fingerprint density at radius 3 is 2.75 bits per heavy atom. The number of rotatable bonds is 4. The van der Waals surface area contributed by atoms with Crippen molar-refractivity contribution in [3.63, 3.8) is 0 Å². The molecule has 1 aliphatic heterocycles. The van der Waals surface area contributed by atoms with Crippen LogP contribution >= 0.6 is 0 Å². The zero-order valence-electron chi connectivity index (χ0n) is 8.55. The molecule has 0 bridgehead atoms. The van der Waals surface area contributed by atoms with E-state index in [1.54, 1.807) is 0 Å². The molecule has 0 aromatic rings. The number of hydrogen-bond donors (Lipinski definition) is 0. The van der Waals surface area contributed by atoms with Gasteiger partial charge in [0.15, 0.2) is 0 Å². The number of likely N-dealkylation sites (tertiary alicyclic amines) is 1. The van der Waals surface area contributed by atoms with Crippen molar-refractivity contribution in [2.24, 2.45) is 5.92 Å². The van der Waals surface area contributed by atoms with Crippen LogP contribution in [0.1, 0.15) is 27.2 Å². The van der Waals surface area contributed by atoms with E-state index in [1.807, 2.05) is 0 Å². The third kappa shape index (κ3) is 3.11. The average molecular weight is 171 g/mol. The Balaban J connectivity index is 2.11. The molecule has 0 N–H and O–H groups in total. The average Bonchev–Trinajstić information content (AvgIpc) is 2.48. The smallest absolute Gasteiger partial charge is 0.0519 e. The number of hydrogen-bond acceptors (Lipinski definition) is 2. The molecule has 0 saturated carbocycles. The van der Waals surface area contributed by atoms with Crippen molar-refractivity contribution >= 4 is 0 Å². The van der Waals surface area contributed by atoms with Gasteiger partial charge in [-0.15, -0.1) is 0 Å². The molecule has 0 aromatic carbocycles. The van der Waals surface area contributed by atoms with Crippen molar-refractivity contribution < 1.29 is 4.74 Å². The first-order chi connectivity index (χ1) is 5.72. The largest absolute Gasteiger partial charge is 0.378 e. The minimum Gasteiger partial charge on any atom is -0.378 e. The zero-order valence-corrected chi connectivity index (χ0v) is 8.55. The lowest BCUT2D eigenvalue weighted by atomic mass is 10.1. The van der Waals surface area contributed by atoms with Crippen LogP contribution < -0.4 is 0 Å². The van der Waals surface area contributed by atoms with E-state index in [9.17, 15) is 0 Å². The van der Waals surface area contributed by atoms with Crippen LogP contribution in [0.5, 0.6) is 0 Å². The van der Waals surface area contributed by atoms with Crippen LogP contribution in [0.2, 0.25) is 0 Å². The molecule has 1 rings (SSSR count). The lowest BCUT2D eigenvalue weighted by molar-refractivity contribution is 0.0532. The van der Waals surface area contributed by atoms with Crippen LogP contribution in [-0.4, -0.2) is 37.2 Å². The Labute approximate surface area is 75.9 Å². The van der Waals surface area contributed by atoms with E-state index >= 15 is 0 Å². The Morgan fingerprint density at radius 2 is 2.25 bits per heavy atom. The van der Waals surface area contributed by atoms with Crippen LogP contribution in [0.4, 0.5) is 0 Å². The van der Waals surface area contributed by atoms with Crippen molar-refractivity contribution in [3.8, 4) is 0 Å². The summed E-state index contributed by atoms with van der Waals surface area (Å²) in [6, 6.07) is 0. The van der Waals surface area contributed by atoms with Gasteiger partial charge >= 0.3 is 0 Å². The molecule has 2 heteroatoms. The molecule has 72 valence electrons. The molecule has 1 aliphatic rings. The molecule has 1 heterocycles. The summed E-state index contributed by atoms with van der Waals surface area (Å²) in [6.45, 7) is 11.1. The van der Waals surface area contributed by atoms with E-state index in [2.05, 4.69) is 25.7 Å². The highest BCUT2D eigenvalue weighted by molar-refractivity contribution is 4.74. The molecular weight excluding hydrogens is 150 g/mol. The molecule has 1 saturated heterocycles. The first kappa shape index (κ1) is 10.0. The first-order valence-corrected chi connectivity index (χ1v) is 5.06. The predicted octanol–water partition coefficient (Wildman–Crippen LogP) is 1.75. The minimum absolute atomic E-state index is 0.390. The molecule has 1 fully saturated rings.